The largest absolute Gasteiger partial charge is 0.295 e. The molecule has 136 valence electrons. The minimum absolute atomic E-state index is 0.0432. The van der Waals surface area contributed by atoms with Gasteiger partial charge in [0.05, 0.1) is 4.90 Å². The van der Waals surface area contributed by atoms with E-state index in [0.717, 1.165) is 17.8 Å². The van der Waals surface area contributed by atoms with Crippen molar-refractivity contribution in [1.29, 1.82) is 0 Å². The highest BCUT2D eigenvalue weighted by molar-refractivity contribution is 7.89. The van der Waals surface area contributed by atoms with Gasteiger partial charge in [0, 0.05) is 11.6 Å². The van der Waals surface area contributed by atoms with Gasteiger partial charge in [0.1, 0.15) is 0 Å². The van der Waals surface area contributed by atoms with Gasteiger partial charge in [-0.15, -0.1) is 0 Å². The quantitative estimate of drug-likeness (QED) is 0.812. The lowest BCUT2D eigenvalue weighted by Crippen LogP contribution is -2.55. The van der Waals surface area contributed by atoms with Crippen molar-refractivity contribution in [1.82, 2.24) is 4.72 Å². The van der Waals surface area contributed by atoms with Crippen LogP contribution in [0.2, 0.25) is 0 Å². The summed E-state index contributed by atoms with van der Waals surface area (Å²) in [6.45, 7) is 3.53. The molecule has 25 heavy (non-hydrogen) atoms. The molecule has 0 amide bonds. The number of benzene rings is 1. The molecule has 5 heteroatoms. The normalized spacial score (nSPS) is 34.9. The molecular formula is C20H27NO3S. The summed E-state index contributed by atoms with van der Waals surface area (Å²) < 4.78 is 28.6. The number of Topliss-reactive ketones (excluding diaryl/α,β-unsaturated/α-hetero) is 1. The zero-order chi connectivity index (χ0) is 17.8. The first-order valence-corrected chi connectivity index (χ1v) is 10.9. The second-order valence-corrected chi connectivity index (χ2v) is 10.4. The molecule has 4 bridgehead atoms. The van der Waals surface area contributed by atoms with Crippen molar-refractivity contribution in [3.05, 3.63) is 29.8 Å². The minimum atomic E-state index is -3.56. The molecule has 0 aromatic heterocycles. The van der Waals surface area contributed by atoms with Gasteiger partial charge in [0.2, 0.25) is 10.0 Å². The molecule has 4 aliphatic rings. The van der Waals surface area contributed by atoms with E-state index in [-0.39, 0.29) is 22.1 Å². The number of rotatable bonds is 5. The summed E-state index contributed by atoms with van der Waals surface area (Å²) in [5, 5.41) is 0. The fourth-order valence-corrected chi connectivity index (χ4v) is 7.35. The van der Waals surface area contributed by atoms with Gasteiger partial charge in [-0.25, -0.2) is 13.1 Å². The third-order valence-corrected chi connectivity index (χ3v) is 8.46. The molecule has 1 aromatic carbocycles. The molecule has 5 rings (SSSR count). The number of ketones is 1. The van der Waals surface area contributed by atoms with E-state index in [9.17, 15) is 13.2 Å². The Kier molecular flexibility index (Phi) is 4.08. The van der Waals surface area contributed by atoms with Crippen LogP contribution < -0.4 is 4.72 Å². The van der Waals surface area contributed by atoms with Crippen molar-refractivity contribution in [3.8, 4) is 0 Å². The molecule has 0 aliphatic heterocycles. The molecule has 1 N–H and O–H groups in total. The Labute approximate surface area is 150 Å². The van der Waals surface area contributed by atoms with Crippen LogP contribution in [0.5, 0.6) is 0 Å². The third-order valence-electron chi connectivity index (χ3n) is 6.91. The van der Waals surface area contributed by atoms with Crippen LogP contribution in [-0.2, 0) is 10.0 Å². The Balaban J connectivity index is 1.53. The van der Waals surface area contributed by atoms with Crippen molar-refractivity contribution in [2.24, 2.45) is 23.2 Å². The first-order valence-electron chi connectivity index (χ1n) is 9.41. The average Bonchev–Trinajstić information content (AvgIpc) is 2.53. The van der Waals surface area contributed by atoms with Gasteiger partial charge < -0.3 is 0 Å². The zero-order valence-electron chi connectivity index (χ0n) is 15.0. The molecule has 1 atom stereocenters. The van der Waals surface area contributed by atoms with Crippen LogP contribution in [0.1, 0.15) is 62.7 Å². The summed E-state index contributed by atoms with van der Waals surface area (Å²) in [5.74, 6) is 2.34. The van der Waals surface area contributed by atoms with E-state index in [1.165, 1.54) is 57.6 Å². The lowest BCUT2D eigenvalue weighted by Gasteiger charge is -2.59. The molecular weight excluding hydrogens is 334 g/mol. The Morgan fingerprint density at radius 2 is 1.52 bits per heavy atom. The Bertz CT molecular complexity index is 746. The highest BCUT2D eigenvalue weighted by atomic mass is 32.2. The van der Waals surface area contributed by atoms with E-state index in [4.69, 9.17) is 0 Å². The van der Waals surface area contributed by atoms with Crippen molar-refractivity contribution in [2.45, 2.75) is 63.3 Å². The van der Waals surface area contributed by atoms with Gasteiger partial charge in [-0.3, -0.25) is 4.79 Å². The van der Waals surface area contributed by atoms with Gasteiger partial charge in [-0.05, 0) is 87.7 Å². The second kappa shape index (κ2) is 5.92. The van der Waals surface area contributed by atoms with Crippen molar-refractivity contribution in [2.75, 3.05) is 0 Å². The van der Waals surface area contributed by atoms with Crippen molar-refractivity contribution < 1.29 is 13.2 Å². The predicted octanol–water partition coefficient (Wildman–Crippen LogP) is 3.77. The van der Waals surface area contributed by atoms with Gasteiger partial charge in [0.15, 0.2) is 5.78 Å². The lowest BCUT2D eigenvalue weighted by atomic mass is 9.48. The number of sulfonamides is 1. The Hall–Kier alpha value is -1.20. The highest BCUT2D eigenvalue weighted by Gasteiger charge is 2.53. The number of hydrogen-bond acceptors (Lipinski definition) is 3. The van der Waals surface area contributed by atoms with Gasteiger partial charge in [-0.2, -0.15) is 0 Å². The van der Waals surface area contributed by atoms with Crippen LogP contribution in [0.15, 0.2) is 29.2 Å². The average molecular weight is 362 g/mol. The van der Waals surface area contributed by atoms with E-state index >= 15 is 0 Å². The summed E-state index contributed by atoms with van der Waals surface area (Å²) in [4.78, 5) is 11.6. The first-order chi connectivity index (χ1) is 11.8. The molecule has 1 aromatic rings. The fraction of sp³-hybridized carbons (Fsp3) is 0.650. The molecule has 4 fully saturated rings. The molecule has 0 heterocycles. The first kappa shape index (κ1) is 17.2. The lowest BCUT2D eigenvalue weighted by molar-refractivity contribution is -0.0666. The smallest absolute Gasteiger partial charge is 0.240 e. The predicted molar refractivity (Wildman–Crippen MR) is 96.8 cm³/mol. The van der Waals surface area contributed by atoms with E-state index in [2.05, 4.69) is 11.6 Å². The highest BCUT2D eigenvalue weighted by Crippen LogP contribution is 2.61. The summed E-state index contributed by atoms with van der Waals surface area (Å²) in [6.07, 6.45) is 7.57. The number of nitrogens with one attached hydrogen (secondary N) is 1. The summed E-state index contributed by atoms with van der Waals surface area (Å²) in [7, 11) is -3.56. The SMILES string of the molecule is CC(=O)c1ccc(S(=O)(=O)N[C@H](C)C23CC4CC(CC(C4)C2)C3)cc1. The second-order valence-electron chi connectivity index (χ2n) is 8.70. The van der Waals surface area contributed by atoms with Crippen LogP contribution in [-0.4, -0.2) is 20.2 Å². The summed E-state index contributed by atoms with van der Waals surface area (Å²) >= 11 is 0. The number of hydrogen-bond donors (Lipinski definition) is 1. The van der Waals surface area contributed by atoms with Crippen LogP contribution >= 0.6 is 0 Å². The van der Waals surface area contributed by atoms with Crippen LogP contribution in [0.3, 0.4) is 0 Å². The van der Waals surface area contributed by atoms with Gasteiger partial charge in [0.25, 0.3) is 0 Å². The van der Waals surface area contributed by atoms with E-state index in [0.29, 0.717) is 5.56 Å². The van der Waals surface area contributed by atoms with Crippen LogP contribution in [0.25, 0.3) is 0 Å². The third kappa shape index (κ3) is 3.06. The van der Waals surface area contributed by atoms with E-state index < -0.39 is 10.0 Å². The van der Waals surface area contributed by atoms with Crippen molar-refractivity contribution >= 4 is 15.8 Å². The molecule has 0 radical (unpaired) electrons. The van der Waals surface area contributed by atoms with Crippen molar-refractivity contribution in [3.63, 3.8) is 0 Å². The maximum atomic E-state index is 12.8. The molecule has 0 unspecified atom stereocenters. The van der Waals surface area contributed by atoms with Gasteiger partial charge >= 0.3 is 0 Å². The maximum absolute atomic E-state index is 12.8. The number of carbonyl (C=O) groups excluding carboxylic acids is 1. The summed E-state index contributed by atoms with van der Waals surface area (Å²) in [5.41, 5.74) is 0.675. The molecule has 0 saturated heterocycles. The molecule has 4 nitrogen and oxygen atoms in total. The van der Waals surface area contributed by atoms with Gasteiger partial charge in [-0.1, -0.05) is 12.1 Å². The monoisotopic (exact) mass is 361 g/mol. The van der Waals surface area contributed by atoms with E-state index in [1.807, 2.05) is 0 Å². The Morgan fingerprint density at radius 1 is 1.04 bits per heavy atom. The molecule has 4 saturated carbocycles. The van der Waals surface area contributed by atoms with Crippen LogP contribution in [0, 0.1) is 23.2 Å². The zero-order valence-corrected chi connectivity index (χ0v) is 15.8. The Morgan fingerprint density at radius 3 is 1.96 bits per heavy atom. The van der Waals surface area contributed by atoms with E-state index in [1.54, 1.807) is 12.1 Å². The molecule has 4 aliphatic carbocycles. The molecule has 0 spiro atoms. The maximum Gasteiger partial charge on any atom is 0.240 e. The minimum Gasteiger partial charge on any atom is -0.295 e. The standard InChI is InChI=1S/C20H27NO3S/c1-13(22)18-3-5-19(6-4-18)25(23,24)21-14(2)20-10-15-7-16(11-20)9-17(8-15)12-20/h3-6,14-17,21H,7-12H2,1-2H3/t14-,15?,16?,17?,20?/m1/s1. The fourth-order valence-electron chi connectivity index (χ4n) is 6.00. The van der Waals surface area contributed by atoms with Crippen LogP contribution in [0.4, 0.5) is 0 Å². The number of carbonyl (C=O) groups is 1. The summed E-state index contributed by atoms with van der Waals surface area (Å²) in [6, 6.07) is 6.20. The topological polar surface area (TPSA) is 63.2 Å².